The number of hydrogen-bond acceptors (Lipinski definition) is 7. The summed E-state index contributed by atoms with van der Waals surface area (Å²) in [6.07, 6.45) is 61.8. The first kappa shape index (κ1) is 57.7. The molecule has 0 rings (SSSR count). The first-order chi connectivity index (χ1) is 29.4. The lowest BCUT2D eigenvalue weighted by molar-refractivity contribution is -0.154. The third-order valence-corrected chi connectivity index (χ3v) is 10.8. The summed E-state index contributed by atoms with van der Waals surface area (Å²) in [7, 11) is -4.29. The van der Waals surface area contributed by atoms with Gasteiger partial charge in [0, 0.05) is 19.6 Å². The molecule has 3 N–H and O–H groups in total. The van der Waals surface area contributed by atoms with Crippen LogP contribution in [0, 0.1) is 0 Å². The second-order valence-corrected chi connectivity index (χ2v) is 17.1. The molecule has 60 heavy (non-hydrogen) atoms. The Hall–Kier alpha value is -2.32. The van der Waals surface area contributed by atoms with Crippen molar-refractivity contribution in [3.63, 3.8) is 0 Å². The molecule has 0 aromatic heterocycles. The molecule has 0 saturated carbocycles. The van der Waals surface area contributed by atoms with Crippen molar-refractivity contribution < 1.29 is 32.8 Å². The van der Waals surface area contributed by atoms with Crippen LogP contribution in [0.25, 0.3) is 0 Å². The topological polar surface area (TPSA) is 117 Å². The van der Waals surface area contributed by atoms with Crippen molar-refractivity contribution in [1.82, 2.24) is 0 Å². The van der Waals surface area contributed by atoms with Crippen molar-refractivity contribution in [2.45, 2.75) is 200 Å². The van der Waals surface area contributed by atoms with Crippen LogP contribution in [0.1, 0.15) is 194 Å². The minimum atomic E-state index is -4.29. The van der Waals surface area contributed by atoms with E-state index < -0.39 is 13.9 Å². The van der Waals surface area contributed by atoms with E-state index in [4.69, 9.17) is 24.3 Å². The van der Waals surface area contributed by atoms with Crippen molar-refractivity contribution in [3.05, 3.63) is 85.1 Å². The predicted octanol–water partition coefficient (Wildman–Crippen LogP) is 14.9. The van der Waals surface area contributed by atoms with Gasteiger partial charge in [0.1, 0.15) is 6.10 Å². The summed E-state index contributed by atoms with van der Waals surface area (Å²) < 4.78 is 33.5. The van der Waals surface area contributed by atoms with Gasteiger partial charge in [-0.15, -0.1) is 0 Å². The molecule has 0 aromatic rings. The van der Waals surface area contributed by atoms with Crippen molar-refractivity contribution >= 4 is 13.8 Å². The molecule has 0 fully saturated rings. The molecule has 0 amide bonds. The summed E-state index contributed by atoms with van der Waals surface area (Å²) in [5, 5.41) is 0. The lowest BCUT2D eigenvalue weighted by Crippen LogP contribution is -2.28. The van der Waals surface area contributed by atoms with Crippen LogP contribution in [0.4, 0.5) is 0 Å². The zero-order valence-electron chi connectivity index (χ0n) is 38.4. The molecule has 0 spiro atoms. The maximum Gasteiger partial charge on any atom is 0.472 e. The summed E-state index contributed by atoms with van der Waals surface area (Å²) in [6.45, 7) is 4.77. The highest BCUT2D eigenvalue weighted by Crippen LogP contribution is 2.43. The van der Waals surface area contributed by atoms with E-state index in [0.29, 0.717) is 13.0 Å². The van der Waals surface area contributed by atoms with E-state index in [0.717, 1.165) is 77.0 Å². The average Bonchev–Trinajstić information content (AvgIpc) is 3.24. The van der Waals surface area contributed by atoms with Gasteiger partial charge in [0.15, 0.2) is 0 Å². The third kappa shape index (κ3) is 46.7. The maximum absolute atomic E-state index is 12.6. The minimum absolute atomic E-state index is 0.0913. The van der Waals surface area contributed by atoms with Crippen LogP contribution in [0.5, 0.6) is 0 Å². The highest BCUT2D eigenvalue weighted by molar-refractivity contribution is 7.47. The van der Waals surface area contributed by atoms with Gasteiger partial charge in [0.25, 0.3) is 0 Å². The zero-order valence-corrected chi connectivity index (χ0v) is 39.3. The number of carbonyl (C=O) groups excluding carboxylic acids is 1. The lowest BCUT2D eigenvalue weighted by Gasteiger charge is -2.20. The zero-order chi connectivity index (χ0) is 43.7. The van der Waals surface area contributed by atoms with Crippen molar-refractivity contribution in [2.24, 2.45) is 5.73 Å². The fourth-order valence-corrected chi connectivity index (χ4v) is 7.09. The summed E-state index contributed by atoms with van der Waals surface area (Å²) >= 11 is 0. The van der Waals surface area contributed by atoms with Gasteiger partial charge in [-0.1, -0.05) is 202 Å². The Morgan fingerprint density at radius 1 is 0.517 bits per heavy atom. The van der Waals surface area contributed by atoms with E-state index >= 15 is 0 Å². The van der Waals surface area contributed by atoms with Crippen LogP contribution >= 0.6 is 7.82 Å². The molecule has 0 saturated heterocycles. The Kier molecular flexibility index (Phi) is 45.9. The van der Waals surface area contributed by atoms with E-state index in [9.17, 15) is 14.3 Å². The first-order valence-electron chi connectivity index (χ1n) is 24.1. The minimum Gasteiger partial charge on any atom is -0.457 e. The average molecular weight is 860 g/mol. The van der Waals surface area contributed by atoms with Gasteiger partial charge >= 0.3 is 13.8 Å². The number of unbranched alkanes of at least 4 members (excludes halogenated alkanes) is 18. The largest absolute Gasteiger partial charge is 0.472 e. The quantitative estimate of drug-likeness (QED) is 0.0269. The molecule has 0 aromatic carbocycles. The summed E-state index contributed by atoms with van der Waals surface area (Å²) in [6, 6.07) is 0. The van der Waals surface area contributed by atoms with Crippen LogP contribution in [-0.4, -0.2) is 49.9 Å². The van der Waals surface area contributed by atoms with Gasteiger partial charge < -0.3 is 20.1 Å². The fraction of sp³-hybridized carbons (Fsp3) is 0.706. The van der Waals surface area contributed by atoms with Crippen molar-refractivity contribution in [1.29, 1.82) is 0 Å². The Labute approximate surface area is 368 Å². The lowest BCUT2D eigenvalue weighted by atomic mass is 10.0. The normalized spacial score (nSPS) is 14.1. The Balaban J connectivity index is 4.08. The van der Waals surface area contributed by atoms with E-state index in [-0.39, 0.29) is 38.8 Å². The molecular formula is C51H90NO7P. The number of hydrogen-bond donors (Lipinski definition) is 2. The SMILES string of the molecule is CC/C=C\C/C=C\C/C=C\C/C=C\C/C=C\C/C=C\C/C=C\CCCCCC(=O)OC(COCCCCCCCCCCCCCCCCCC)COP(=O)(O)OCCN. The molecule has 8 nitrogen and oxygen atoms in total. The molecule has 2 unspecified atom stereocenters. The van der Waals surface area contributed by atoms with Crippen LogP contribution in [0.15, 0.2) is 85.1 Å². The van der Waals surface area contributed by atoms with Crippen LogP contribution < -0.4 is 5.73 Å². The van der Waals surface area contributed by atoms with E-state index in [1.807, 2.05) is 0 Å². The van der Waals surface area contributed by atoms with E-state index in [1.165, 1.54) is 89.9 Å². The van der Waals surface area contributed by atoms with E-state index in [1.54, 1.807) is 0 Å². The molecule has 2 atom stereocenters. The summed E-state index contributed by atoms with van der Waals surface area (Å²) in [4.78, 5) is 22.5. The number of carbonyl (C=O) groups is 1. The van der Waals surface area contributed by atoms with Gasteiger partial charge in [-0.25, -0.2) is 4.57 Å². The molecule has 0 aliphatic carbocycles. The van der Waals surface area contributed by atoms with Crippen LogP contribution in [-0.2, 0) is 27.9 Å². The standard InChI is InChI=1S/C51H90NO7P/c1-3-5-7-9-11-13-15-17-19-21-22-23-24-25-26-27-28-29-30-32-34-36-38-40-42-44-51(53)59-50(49-58-60(54,55)57-47-45-52)48-56-46-43-41-39-37-35-33-31-20-18-16-14-12-10-8-6-4-2/h5,7,11,13,17,19,22-23,25-26,28-29,32,34,50H,3-4,6,8-10,12,14-16,18,20-21,24,27,30-31,33,35-49,52H2,1-2H3,(H,54,55)/b7-5-,13-11-,19-17-,23-22-,26-25-,29-28-,34-32-. The molecule has 0 bridgehead atoms. The Bertz CT molecular complexity index is 1190. The van der Waals surface area contributed by atoms with Gasteiger partial charge in [-0.05, 0) is 70.6 Å². The van der Waals surface area contributed by atoms with E-state index in [2.05, 4.69) is 98.9 Å². The third-order valence-electron chi connectivity index (χ3n) is 9.83. The van der Waals surface area contributed by atoms with Crippen molar-refractivity contribution in [2.75, 3.05) is 33.0 Å². The smallest absolute Gasteiger partial charge is 0.457 e. The highest BCUT2D eigenvalue weighted by atomic mass is 31.2. The molecule has 9 heteroatoms. The Morgan fingerprint density at radius 3 is 1.38 bits per heavy atom. The number of rotatable bonds is 45. The number of nitrogens with two attached hydrogens (primary N) is 1. The van der Waals surface area contributed by atoms with Gasteiger partial charge in [0.2, 0.25) is 0 Å². The number of ether oxygens (including phenoxy) is 2. The summed E-state index contributed by atoms with van der Waals surface area (Å²) in [5.41, 5.74) is 5.38. The monoisotopic (exact) mass is 860 g/mol. The fourth-order valence-electron chi connectivity index (χ4n) is 6.33. The van der Waals surface area contributed by atoms with Crippen LogP contribution in [0.2, 0.25) is 0 Å². The predicted molar refractivity (Wildman–Crippen MR) is 256 cm³/mol. The first-order valence-corrected chi connectivity index (χ1v) is 25.6. The molecule has 0 aliphatic rings. The molecule has 0 radical (unpaired) electrons. The van der Waals surface area contributed by atoms with Gasteiger partial charge in [0.05, 0.1) is 19.8 Å². The molecular weight excluding hydrogens is 770 g/mol. The second-order valence-electron chi connectivity index (χ2n) is 15.6. The number of phosphoric ester groups is 1. The Morgan fingerprint density at radius 2 is 0.933 bits per heavy atom. The molecule has 0 aliphatic heterocycles. The molecule has 0 heterocycles. The number of phosphoric acid groups is 1. The van der Waals surface area contributed by atoms with Gasteiger partial charge in [-0.2, -0.15) is 0 Å². The van der Waals surface area contributed by atoms with Gasteiger partial charge in [-0.3, -0.25) is 13.8 Å². The molecule has 346 valence electrons. The number of allylic oxidation sites excluding steroid dienone is 14. The summed E-state index contributed by atoms with van der Waals surface area (Å²) in [5.74, 6) is -0.363. The number of esters is 1. The highest BCUT2D eigenvalue weighted by Gasteiger charge is 2.25. The maximum atomic E-state index is 12.6. The second kappa shape index (κ2) is 47.7. The van der Waals surface area contributed by atoms with Crippen LogP contribution in [0.3, 0.4) is 0 Å². The van der Waals surface area contributed by atoms with Crippen molar-refractivity contribution in [3.8, 4) is 0 Å².